The monoisotopic (exact) mass is 291 g/mol. The Morgan fingerprint density at radius 2 is 1.77 bits per heavy atom. The number of Topliss-reactive ketones (excluding diaryl/α,β-unsaturated/α-hetero) is 1. The molecule has 2 aromatic rings. The first-order chi connectivity index (χ1) is 10.6. The van der Waals surface area contributed by atoms with Crippen LogP contribution in [-0.2, 0) is 10.2 Å². The van der Waals surface area contributed by atoms with Gasteiger partial charge < -0.3 is 5.21 Å². The summed E-state index contributed by atoms with van der Waals surface area (Å²) in [4.78, 5) is 13.1. The number of carbonyl (C=O) groups is 1. The second-order valence-corrected chi connectivity index (χ2v) is 5.49. The second kappa shape index (κ2) is 5.26. The molecule has 0 aromatic heterocycles. The molecule has 22 heavy (non-hydrogen) atoms. The Labute approximate surface area is 129 Å². The van der Waals surface area contributed by atoms with E-state index in [0.717, 1.165) is 15.9 Å². The topological polar surface area (TPSA) is 43.1 Å². The number of benzene rings is 2. The van der Waals surface area contributed by atoms with E-state index in [0.29, 0.717) is 12.1 Å². The smallest absolute Gasteiger partial charge is 0.238 e. The third-order valence-corrected chi connectivity index (χ3v) is 4.32. The molecule has 3 heteroatoms. The predicted molar refractivity (Wildman–Crippen MR) is 87.5 cm³/mol. The minimum absolute atomic E-state index is 0.160. The highest BCUT2D eigenvalue weighted by Gasteiger charge is 2.50. The molecule has 0 aliphatic carbocycles. The SMILES string of the molecule is C=CCC1(c2ccccc2)C(=O)C(C)=[N+]([O-])c2ccccc21. The fraction of sp³-hybridized carbons (Fsp3) is 0.158. The van der Waals surface area contributed by atoms with Crippen LogP contribution in [0.1, 0.15) is 24.5 Å². The Hall–Kier alpha value is -2.68. The van der Waals surface area contributed by atoms with E-state index in [9.17, 15) is 10.0 Å². The van der Waals surface area contributed by atoms with Gasteiger partial charge in [0.2, 0.25) is 17.2 Å². The van der Waals surface area contributed by atoms with Crippen molar-refractivity contribution in [1.29, 1.82) is 0 Å². The van der Waals surface area contributed by atoms with Gasteiger partial charge in [-0.2, -0.15) is 4.74 Å². The normalized spacial score (nSPS) is 20.7. The van der Waals surface area contributed by atoms with Gasteiger partial charge in [-0.05, 0) is 12.0 Å². The first-order valence-electron chi connectivity index (χ1n) is 7.24. The van der Waals surface area contributed by atoms with Gasteiger partial charge in [-0.15, -0.1) is 6.58 Å². The fourth-order valence-electron chi connectivity index (χ4n) is 3.26. The molecule has 0 fully saturated rings. The zero-order valence-corrected chi connectivity index (χ0v) is 12.5. The van der Waals surface area contributed by atoms with Crippen LogP contribution in [0.25, 0.3) is 0 Å². The third-order valence-electron chi connectivity index (χ3n) is 4.32. The summed E-state index contributed by atoms with van der Waals surface area (Å²) in [5.41, 5.74) is 1.51. The van der Waals surface area contributed by atoms with E-state index in [1.54, 1.807) is 19.1 Å². The molecule has 0 spiro atoms. The summed E-state index contributed by atoms with van der Waals surface area (Å²) >= 11 is 0. The van der Waals surface area contributed by atoms with Gasteiger partial charge in [0.25, 0.3) is 0 Å². The number of ketones is 1. The van der Waals surface area contributed by atoms with Crippen LogP contribution in [0.5, 0.6) is 0 Å². The summed E-state index contributed by atoms with van der Waals surface area (Å²) in [5, 5.41) is 12.4. The standard InChI is InChI=1S/C19H17NO2/c1-3-13-19(15-9-5-4-6-10-15)16-11-7-8-12-17(16)20(22)14(2)18(19)21/h3-12H,1,13H2,2H3. The molecule has 0 saturated carbocycles. The Morgan fingerprint density at radius 3 is 2.45 bits per heavy atom. The molecule has 0 bridgehead atoms. The molecule has 110 valence electrons. The van der Waals surface area contributed by atoms with Crippen molar-refractivity contribution in [3.8, 4) is 0 Å². The minimum Gasteiger partial charge on any atom is -0.618 e. The molecule has 1 aliphatic heterocycles. The highest BCUT2D eigenvalue weighted by molar-refractivity contribution is 6.42. The van der Waals surface area contributed by atoms with Gasteiger partial charge in [-0.1, -0.05) is 54.6 Å². The average Bonchev–Trinajstić information content (AvgIpc) is 2.57. The van der Waals surface area contributed by atoms with Crippen LogP contribution >= 0.6 is 0 Å². The van der Waals surface area contributed by atoms with Crippen LogP contribution in [0.3, 0.4) is 0 Å². The van der Waals surface area contributed by atoms with Crippen molar-refractivity contribution in [3.63, 3.8) is 0 Å². The zero-order chi connectivity index (χ0) is 15.7. The van der Waals surface area contributed by atoms with Crippen LogP contribution in [0.15, 0.2) is 67.3 Å². The summed E-state index contributed by atoms with van der Waals surface area (Å²) in [6, 6.07) is 16.9. The largest absolute Gasteiger partial charge is 0.618 e. The number of rotatable bonds is 3. The molecular weight excluding hydrogens is 274 g/mol. The second-order valence-electron chi connectivity index (χ2n) is 5.49. The summed E-state index contributed by atoms with van der Waals surface area (Å²) < 4.78 is 0.738. The minimum atomic E-state index is -0.870. The summed E-state index contributed by atoms with van der Waals surface area (Å²) in [6.45, 7) is 5.41. The summed E-state index contributed by atoms with van der Waals surface area (Å²) in [5.74, 6) is -0.160. The van der Waals surface area contributed by atoms with Crippen LogP contribution in [-0.4, -0.2) is 16.2 Å². The Balaban J connectivity index is 2.40. The van der Waals surface area contributed by atoms with E-state index in [-0.39, 0.29) is 11.5 Å². The molecule has 0 amide bonds. The highest BCUT2D eigenvalue weighted by atomic mass is 16.5. The lowest BCUT2D eigenvalue weighted by Crippen LogP contribution is -2.46. The molecule has 1 atom stereocenters. The van der Waals surface area contributed by atoms with Gasteiger partial charge in [0, 0.05) is 18.6 Å². The number of hydrogen-bond donors (Lipinski definition) is 0. The molecule has 0 N–H and O–H groups in total. The maximum Gasteiger partial charge on any atom is 0.238 e. The lowest BCUT2D eigenvalue weighted by molar-refractivity contribution is -0.363. The number of nitrogens with zero attached hydrogens (tertiary/aromatic N) is 1. The van der Waals surface area contributed by atoms with E-state index < -0.39 is 5.41 Å². The molecule has 3 rings (SSSR count). The van der Waals surface area contributed by atoms with E-state index in [1.165, 1.54) is 0 Å². The van der Waals surface area contributed by atoms with Crippen molar-refractivity contribution >= 4 is 17.2 Å². The fourth-order valence-corrected chi connectivity index (χ4v) is 3.26. The first kappa shape index (κ1) is 14.3. The van der Waals surface area contributed by atoms with Crippen molar-refractivity contribution in [1.82, 2.24) is 0 Å². The molecule has 1 unspecified atom stereocenters. The summed E-state index contributed by atoms with van der Waals surface area (Å²) in [7, 11) is 0. The maximum absolute atomic E-state index is 13.1. The van der Waals surface area contributed by atoms with Crippen LogP contribution < -0.4 is 0 Å². The van der Waals surface area contributed by atoms with Gasteiger partial charge in [-0.25, -0.2) is 0 Å². The van der Waals surface area contributed by atoms with Gasteiger partial charge in [-0.3, -0.25) is 4.79 Å². The van der Waals surface area contributed by atoms with Gasteiger partial charge in [0.1, 0.15) is 0 Å². The average molecular weight is 291 g/mol. The third kappa shape index (κ3) is 1.82. The van der Waals surface area contributed by atoms with Crippen molar-refractivity contribution in [2.24, 2.45) is 0 Å². The quantitative estimate of drug-likeness (QED) is 0.491. The molecule has 3 nitrogen and oxygen atoms in total. The van der Waals surface area contributed by atoms with Gasteiger partial charge >= 0.3 is 0 Å². The van der Waals surface area contributed by atoms with Crippen LogP contribution in [0, 0.1) is 5.21 Å². The number of hydrogen-bond acceptors (Lipinski definition) is 2. The zero-order valence-electron chi connectivity index (χ0n) is 12.5. The van der Waals surface area contributed by atoms with E-state index in [1.807, 2.05) is 48.5 Å². The number of allylic oxidation sites excluding steroid dienone is 1. The molecular formula is C19H17NO2. The van der Waals surface area contributed by atoms with E-state index in [2.05, 4.69) is 6.58 Å². The van der Waals surface area contributed by atoms with Crippen LogP contribution in [0.2, 0.25) is 0 Å². The molecule has 1 heterocycles. The molecule has 1 aliphatic rings. The van der Waals surface area contributed by atoms with E-state index in [4.69, 9.17) is 0 Å². The highest BCUT2D eigenvalue weighted by Crippen LogP contribution is 2.44. The number of fused-ring (bicyclic) bond motifs is 1. The van der Waals surface area contributed by atoms with Crippen molar-refractivity contribution in [3.05, 3.63) is 83.6 Å². The number of carbonyl (C=O) groups excluding carboxylic acids is 1. The number of para-hydroxylation sites is 1. The maximum atomic E-state index is 13.1. The molecule has 0 radical (unpaired) electrons. The van der Waals surface area contributed by atoms with Crippen molar-refractivity contribution in [2.75, 3.05) is 0 Å². The Bertz CT molecular complexity index is 777. The van der Waals surface area contributed by atoms with Gasteiger partial charge in [0.05, 0.1) is 5.41 Å². The van der Waals surface area contributed by atoms with Gasteiger partial charge in [0.15, 0.2) is 0 Å². The first-order valence-corrected chi connectivity index (χ1v) is 7.24. The lowest BCUT2D eigenvalue weighted by atomic mass is 9.66. The molecule has 0 saturated heterocycles. The molecule has 2 aromatic carbocycles. The van der Waals surface area contributed by atoms with Crippen molar-refractivity contribution in [2.45, 2.75) is 18.8 Å². The van der Waals surface area contributed by atoms with E-state index >= 15 is 0 Å². The van der Waals surface area contributed by atoms with Crippen molar-refractivity contribution < 1.29 is 9.53 Å². The Kier molecular flexibility index (Phi) is 3.41. The summed E-state index contributed by atoms with van der Waals surface area (Å²) in [6.07, 6.45) is 2.20. The predicted octanol–water partition coefficient (Wildman–Crippen LogP) is 3.73. The van der Waals surface area contributed by atoms with Crippen LogP contribution in [0.4, 0.5) is 5.69 Å². The lowest BCUT2D eigenvalue weighted by Gasteiger charge is -2.35. The Morgan fingerprint density at radius 1 is 1.14 bits per heavy atom.